The van der Waals surface area contributed by atoms with E-state index in [0.29, 0.717) is 35.5 Å². The number of hydrogen-bond acceptors (Lipinski definition) is 12. The Hall–Kier alpha value is -4.55. The van der Waals surface area contributed by atoms with Crippen molar-refractivity contribution in [3.05, 3.63) is 41.2 Å². The molecule has 0 spiro atoms. The molecule has 0 aliphatic carbocycles. The third kappa shape index (κ3) is 7.49. The smallest absolute Gasteiger partial charge is 0.328 e. The predicted molar refractivity (Wildman–Crippen MR) is 146 cm³/mol. The lowest BCUT2D eigenvalue weighted by Crippen LogP contribution is -2.42. The van der Waals surface area contributed by atoms with Crippen LogP contribution in [-0.2, 0) is 25.6 Å². The Kier molecular flexibility index (Phi) is 9.90. The quantitative estimate of drug-likeness (QED) is 0.285. The maximum Gasteiger partial charge on any atom is 0.328 e. The number of anilines is 3. The Morgan fingerprint density at radius 2 is 1.79 bits per heavy atom. The van der Waals surface area contributed by atoms with Crippen LogP contribution in [0.25, 0.3) is 11.2 Å². The van der Waals surface area contributed by atoms with Gasteiger partial charge in [0.2, 0.25) is 5.95 Å². The van der Waals surface area contributed by atoms with Crippen LogP contribution in [0.3, 0.4) is 0 Å². The molecule has 1 atom stereocenters. The number of nitrogens with one attached hydrogen (secondary N) is 1. The van der Waals surface area contributed by atoms with Crippen LogP contribution in [0.5, 0.6) is 0 Å². The first kappa shape index (κ1) is 29.0. The summed E-state index contributed by atoms with van der Waals surface area (Å²) in [5, 5.41) is 2.69. The Morgan fingerprint density at radius 1 is 1.05 bits per heavy atom. The molecule has 0 aliphatic rings. The van der Waals surface area contributed by atoms with Crippen LogP contribution >= 0.6 is 0 Å². The van der Waals surface area contributed by atoms with Gasteiger partial charge in [-0.1, -0.05) is 0 Å². The maximum absolute atomic E-state index is 13.0. The van der Waals surface area contributed by atoms with Crippen LogP contribution in [0.4, 0.5) is 17.5 Å². The van der Waals surface area contributed by atoms with E-state index in [9.17, 15) is 14.4 Å². The second kappa shape index (κ2) is 13.3. The third-order valence-electron chi connectivity index (χ3n) is 5.85. The second-order valence-electron chi connectivity index (χ2n) is 8.64. The van der Waals surface area contributed by atoms with E-state index in [1.807, 2.05) is 19.9 Å². The topological polar surface area (TPSA) is 189 Å². The van der Waals surface area contributed by atoms with Crippen LogP contribution in [0.1, 0.15) is 55.2 Å². The normalized spacial score (nSPS) is 11.6. The zero-order chi connectivity index (χ0) is 28.5. The number of nitrogen functional groups attached to an aromatic ring is 2. The number of nitrogens with two attached hydrogens (primary N) is 2. The van der Waals surface area contributed by atoms with Crippen molar-refractivity contribution in [3.8, 4) is 0 Å². The number of benzene rings is 1. The third-order valence-corrected chi connectivity index (χ3v) is 5.85. The van der Waals surface area contributed by atoms with Crippen molar-refractivity contribution in [2.45, 2.75) is 53.1 Å². The van der Waals surface area contributed by atoms with Gasteiger partial charge in [-0.25, -0.2) is 14.8 Å². The number of rotatable bonds is 12. The Balaban J connectivity index is 1.75. The standard InChI is InChI=1S/C26H34N8O5/c1-5-34(14-17-13-29-23-21(30-17)22(27)32-26(28)33-23)19-10-8-16(12-15(19)4)24(36)31-18(25(37)39-7-3)9-11-20(35)38-6-2/h8,10,12-13,18H,5-7,9,11,14H2,1-4H3,(H,31,36)(H4,27,28,29,32,33)/t18-/m0/s1. The first-order chi connectivity index (χ1) is 18.7. The Morgan fingerprint density at radius 3 is 2.46 bits per heavy atom. The highest BCUT2D eigenvalue weighted by Gasteiger charge is 2.24. The molecule has 2 aromatic heterocycles. The number of hydrogen-bond donors (Lipinski definition) is 3. The number of ether oxygens (including phenoxy) is 2. The van der Waals surface area contributed by atoms with Gasteiger partial charge in [0.25, 0.3) is 5.91 Å². The molecule has 3 rings (SSSR count). The number of carbonyl (C=O) groups is 3. The largest absolute Gasteiger partial charge is 0.466 e. The van der Waals surface area contributed by atoms with Gasteiger partial charge in [0, 0.05) is 24.2 Å². The molecule has 2 heterocycles. The summed E-state index contributed by atoms with van der Waals surface area (Å²) in [6, 6.07) is 4.27. The molecule has 13 nitrogen and oxygen atoms in total. The molecule has 39 heavy (non-hydrogen) atoms. The zero-order valence-electron chi connectivity index (χ0n) is 22.6. The molecular formula is C26H34N8O5. The van der Waals surface area contributed by atoms with E-state index in [2.05, 4.69) is 30.2 Å². The van der Waals surface area contributed by atoms with E-state index in [4.69, 9.17) is 20.9 Å². The minimum absolute atomic E-state index is 0.0240. The van der Waals surface area contributed by atoms with Crippen molar-refractivity contribution in [1.82, 2.24) is 25.3 Å². The van der Waals surface area contributed by atoms with Gasteiger partial charge in [0.15, 0.2) is 17.0 Å². The second-order valence-corrected chi connectivity index (χ2v) is 8.64. The highest BCUT2D eigenvalue weighted by atomic mass is 16.5. The fraction of sp³-hybridized carbons (Fsp3) is 0.423. The summed E-state index contributed by atoms with van der Waals surface area (Å²) in [5.41, 5.74) is 15.0. The van der Waals surface area contributed by atoms with Crippen molar-refractivity contribution in [1.29, 1.82) is 0 Å². The highest BCUT2D eigenvalue weighted by molar-refractivity contribution is 5.97. The van der Waals surface area contributed by atoms with Crippen LogP contribution < -0.4 is 21.7 Å². The Labute approximate surface area is 226 Å². The number of esters is 2. The SMILES string of the molecule is CCOC(=O)CC[C@H](NC(=O)c1ccc(N(CC)Cc2cnc3nc(N)nc(N)c3n2)c(C)c1)C(=O)OCC. The number of aryl methyl sites for hydroxylation is 1. The fourth-order valence-electron chi connectivity index (χ4n) is 4.00. The Bertz CT molecular complexity index is 1350. The summed E-state index contributed by atoms with van der Waals surface area (Å²) in [5.74, 6) is -1.32. The molecule has 0 bridgehead atoms. The molecule has 13 heteroatoms. The summed E-state index contributed by atoms with van der Waals surface area (Å²) in [7, 11) is 0. The summed E-state index contributed by atoms with van der Waals surface area (Å²) >= 11 is 0. The summed E-state index contributed by atoms with van der Waals surface area (Å²) in [6.07, 6.45) is 1.66. The van der Waals surface area contributed by atoms with Gasteiger partial charge in [-0.3, -0.25) is 9.59 Å². The minimum atomic E-state index is -0.979. The lowest BCUT2D eigenvalue weighted by atomic mass is 10.1. The van der Waals surface area contributed by atoms with Crippen molar-refractivity contribution in [3.63, 3.8) is 0 Å². The van der Waals surface area contributed by atoms with Gasteiger partial charge in [0.1, 0.15) is 6.04 Å². The molecule has 208 valence electrons. The average molecular weight is 539 g/mol. The number of nitrogens with zero attached hydrogens (tertiary/aromatic N) is 5. The highest BCUT2D eigenvalue weighted by Crippen LogP contribution is 2.24. The molecule has 3 aromatic rings. The van der Waals surface area contributed by atoms with Crippen LogP contribution in [0.15, 0.2) is 24.4 Å². The summed E-state index contributed by atoms with van der Waals surface area (Å²) < 4.78 is 10.00. The van der Waals surface area contributed by atoms with E-state index < -0.39 is 23.9 Å². The summed E-state index contributed by atoms with van der Waals surface area (Å²) in [4.78, 5) is 56.1. The lowest BCUT2D eigenvalue weighted by molar-refractivity contribution is -0.146. The minimum Gasteiger partial charge on any atom is -0.466 e. The van der Waals surface area contributed by atoms with Crippen molar-refractivity contribution < 1.29 is 23.9 Å². The molecule has 1 amide bonds. The van der Waals surface area contributed by atoms with Crippen molar-refractivity contribution in [2.75, 3.05) is 36.1 Å². The molecule has 5 N–H and O–H groups in total. The number of amides is 1. The van der Waals surface area contributed by atoms with Crippen LogP contribution in [-0.4, -0.2) is 63.6 Å². The van der Waals surface area contributed by atoms with Crippen molar-refractivity contribution in [2.24, 2.45) is 0 Å². The first-order valence-corrected chi connectivity index (χ1v) is 12.7. The van der Waals surface area contributed by atoms with Crippen LogP contribution in [0.2, 0.25) is 0 Å². The molecule has 0 unspecified atom stereocenters. The average Bonchev–Trinajstić information content (AvgIpc) is 2.90. The molecule has 0 aliphatic heterocycles. The van der Waals surface area contributed by atoms with E-state index in [0.717, 1.165) is 11.3 Å². The maximum atomic E-state index is 13.0. The molecule has 0 saturated carbocycles. The van der Waals surface area contributed by atoms with Crippen molar-refractivity contribution >= 4 is 46.5 Å². The number of carbonyl (C=O) groups excluding carboxylic acids is 3. The molecule has 0 saturated heterocycles. The first-order valence-electron chi connectivity index (χ1n) is 12.7. The predicted octanol–water partition coefficient (Wildman–Crippen LogP) is 1.92. The van der Waals surface area contributed by atoms with Gasteiger partial charge in [-0.2, -0.15) is 9.97 Å². The molecular weight excluding hydrogens is 504 g/mol. The lowest BCUT2D eigenvalue weighted by Gasteiger charge is -2.25. The number of fused-ring (bicyclic) bond motifs is 1. The number of aromatic nitrogens is 4. The van der Waals surface area contributed by atoms with E-state index in [1.165, 1.54) is 0 Å². The zero-order valence-corrected chi connectivity index (χ0v) is 22.6. The van der Waals surface area contributed by atoms with Gasteiger partial charge in [0.05, 0.1) is 31.6 Å². The van der Waals surface area contributed by atoms with Gasteiger partial charge >= 0.3 is 11.9 Å². The van der Waals surface area contributed by atoms with Crippen LogP contribution in [0, 0.1) is 6.92 Å². The molecule has 0 radical (unpaired) electrons. The van der Waals surface area contributed by atoms with Gasteiger partial charge in [-0.05, 0) is 57.9 Å². The molecule has 0 fully saturated rings. The van der Waals surface area contributed by atoms with Gasteiger partial charge < -0.3 is 31.2 Å². The van der Waals surface area contributed by atoms with E-state index >= 15 is 0 Å². The monoisotopic (exact) mass is 538 g/mol. The fourth-order valence-corrected chi connectivity index (χ4v) is 4.00. The van der Waals surface area contributed by atoms with Gasteiger partial charge in [-0.15, -0.1) is 0 Å². The summed E-state index contributed by atoms with van der Waals surface area (Å²) in [6.45, 7) is 8.73. The molecule has 1 aromatic carbocycles. The van der Waals surface area contributed by atoms with E-state index in [1.54, 1.807) is 32.2 Å². The van der Waals surface area contributed by atoms with E-state index in [-0.39, 0.29) is 37.8 Å².